The topological polar surface area (TPSA) is 53.0 Å². The standard InChI is InChI=1S/C14H27N3O2S/c1-8-13(12(2)3)11-14(15-4)16(5)9-10-17(6)20(7,18)19/h8,11-12H,1,9-10H2,2-7H3/b13-11+,15-14+. The van der Waals surface area contributed by atoms with E-state index in [1.807, 2.05) is 24.1 Å². The van der Waals surface area contributed by atoms with Crippen molar-refractivity contribution in [1.82, 2.24) is 9.21 Å². The van der Waals surface area contributed by atoms with Crippen LogP contribution in [0.4, 0.5) is 0 Å². The number of allylic oxidation sites excluding steroid dienone is 2. The summed E-state index contributed by atoms with van der Waals surface area (Å²) in [6, 6.07) is 0. The third-order valence-electron chi connectivity index (χ3n) is 3.13. The van der Waals surface area contributed by atoms with Crippen LogP contribution in [0, 0.1) is 5.92 Å². The molecule has 0 heterocycles. The molecule has 0 atom stereocenters. The first-order valence-electron chi connectivity index (χ1n) is 6.56. The molecule has 6 heteroatoms. The average molecular weight is 301 g/mol. The molecule has 0 radical (unpaired) electrons. The zero-order valence-electron chi connectivity index (χ0n) is 13.4. The molecule has 20 heavy (non-hydrogen) atoms. The van der Waals surface area contributed by atoms with Gasteiger partial charge >= 0.3 is 0 Å². The van der Waals surface area contributed by atoms with E-state index in [1.165, 1.54) is 10.6 Å². The Hall–Kier alpha value is -1.14. The summed E-state index contributed by atoms with van der Waals surface area (Å²) < 4.78 is 24.0. The second-order valence-electron chi connectivity index (χ2n) is 5.09. The van der Waals surface area contributed by atoms with Crippen LogP contribution in [0.3, 0.4) is 0 Å². The van der Waals surface area contributed by atoms with Crippen LogP contribution in [0.2, 0.25) is 0 Å². The van der Waals surface area contributed by atoms with Crippen molar-refractivity contribution in [2.75, 3.05) is 40.5 Å². The fourth-order valence-electron chi connectivity index (χ4n) is 1.53. The quantitative estimate of drug-likeness (QED) is 0.408. The van der Waals surface area contributed by atoms with E-state index in [0.717, 1.165) is 11.4 Å². The number of hydrogen-bond acceptors (Lipinski definition) is 3. The normalized spacial score (nSPS) is 14.0. The van der Waals surface area contributed by atoms with E-state index < -0.39 is 10.0 Å². The number of sulfonamides is 1. The SMILES string of the molecule is C=C/C(=C\C(=N/C)N(C)CCN(C)S(C)(=O)=O)C(C)C. The lowest BCUT2D eigenvalue weighted by Gasteiger charge is -2.23. The van der Waals surface area contributed by atoms with Gasteiger partial charge in [-0.2, -0.15) is 0 Å². The van der Waals surface area contributed by atoms with Gasteiger partial charge in [0.1, 0.15) is 5.84 Å². The van der Waals surface area contributed by atoms with Gasteiger partial charge in [-0.05, 0) is 17.6 Å². The van der Waals surface area contributed by atoms with Crippen LogP contribution in [-0.2, 0) is 10.0 Å². The van der Waals surface area contributed by atoms with Crippen molar-refractivity contribution in [1.29, 1.82) is 0 Å². The number of nitrogens with zero attached hydrogens (tertiary/aromatic N) is 3. The maximum Gasteiger partial charge on any atom is 0.211 e. The van der Waals surface area contributed by atoms with Gasteiger partial charge in [-0.25, -0.2) is 12.7 Å². The summed E-state index contributed by atoms with van der Waals surface area (Å²) in [6.07, 6.45) is 5.01. The van der Waals surface area contributed by atoms with Gasteiger partial charge in [0.2, 0.25) is 10.0 Å². The van der Waals surface area contributed by atoms with Gasteiger partial charge in [-0.15, -0.1) is 0 Å². The molecular weight excluding hydrogens is 274 g/mol. The zero-order chi connectivity index (χ0) is 15.9. The van der Waals surface area contributed by atoms with Gasteiger partial charge in [0, 0.05) is 34.2 Å². The molecule has 116 valence electrons. The molecular formula is C14H27N3O2S. The molecule has 0 N–H and O–H groups in total. The maximum absolute atomic E-state index is 11.3. The minimum absolute atomic E-state index is 0.372. The molecule has 0 aromatic heterocycles. The summed E-state index contributed by atoms with van der Waals surface area (Å²) in [5, 5.41) is 0. The highest BCUT2D eigenvalue weighted by Crippen LogP contribution is 2.11. The van der Waals surface area contributed by atoms with Gasteiger partial charge in [-0.1, -0.05) is 26.5 Å². The number of hydrogen-bond donors (Lipinski definition) is 0. The van der Waals surface area contributed by atoms with E-state index >= 15 is 0 Å². The number of likely N-dealkylation sites (N-methyl/N-ethyl adjacent to an activating group) is 2. The lowest BCUT2D eigenvalue weighted by molar-refractivity contribution is 0.411. The Morgan fingerprint density at radius 2 is 1.85 bits per heavy atom. The second-order valence-corrected chi connectivity index (χ2v) is 7.18. The molecule has 0 unspecified atom stereocenters. The summed E-state index contributed by atoms with van der Waals surface area (Å²) in [6.45, 7) is 9.00. The van der Waals surface area contributed by atoms with Crippen LogP contribution in [0.5, 0.6) is 0 Å². The van der Waals surface area contributed by atoms with E-state index in [-0.39, 0.29) is 0 Å². The smallest absolute Gasteiger partial charge is 0.211 e. The molecule has 0 spiro atoms. The lowest BCUT2D eigenvalue weighted by Crippen LogP contribution is -2.36. The van der Waals surface area contributed by atoms with Crippen LogP contribution in [0.15, 0.2) is 29.3 Å². The molecule has 0 aliphatic carbocycles. The molecule has 0 aliphatic rings. The predicted octanol–water partition coefficient (Wildman–Crippen LogP) is 1.61. The first-order valence-corrected chi connectivity index (χ1v) is 8.41. The average Bonchev–Trinajstić information content (AvgIpc) is 2.35. The van der Waals surface area contributed by atoms with Gasteiger partial charge in [0.05, 0.1) is 6.26 Å². The molecule has 0 aromatic carbocycles. The van der Waals surface area contributed by atoms with Gasteiger partial charge in [0.15, 0.2) is 0 Å². The number of amidine groups is 1. The monoisotopic (exact) mass is 301 g/mol. The minimum Gasteiger partial charge on any atom is -0.359 e. The molecule has 0 aromatic rings. The molecule has 5 nitrogen and oxygen atoms in total. The predicted molar refractivity (Wildman–Crippen MR) is 86.6 cm³/mol. The van der Waals surface area contributed by atoms with E-state index in [0.29, 0.717) is 19.0 Å². The van der Waals surface area contributed by atoms with Gasteiger partial charge < -0.3 is 4.90 Å². The summed E-state index contributed by atoms with van der Waals surface area (Å²) in [7, 11) is 2.06. The molecule has 0 saturated carbocycles. The maximum atomic E-state index is 11.3. The van der Waals surface area contributed by atoms with Crippen molar-refractivity contribution in [3.8, 4) is 0 Å². The van der Waals surface area contributed by atoms with Crippen molar-refractivity contribution in [2.45, 2.75) is 13.8 Å². The van der Waals surface area contributed by atoms with Crippen LogP contribution >= 0.6 is 0 Å². The number of rotatable bonds is 7. The molecule has 0 amide bonds. The second kappa shape index (κ2) is 8.21. The van der Waals surface area contributed by atoms with Crippen molar-refractivity contribution in [3.05, 3.63) is 24.3 Å². The minimum atomic E-state index is -3.14. The lowest BCUT2D eigenvalue weighted by atomic mass is 10.0. The van der Waals surface area contributed by atoms with Crippen LogP contribution in [0.25, 0.3) is 0 Å². The van der Waals surface area contributed by atoms with Crippen molar-refractivity contribution >= 4 is 15.9 Å². The fourth-order valence-corrected chi connectivity index (χ4v) is 1.94. The summed E-state index contributed by atoms with van der Waals surface area (Å²) in [5.41, 5.74) is 1.11. The van der Waals surface area contributed by atoms with E-state index in [2.05, 4.69) is 25.4 Å². The Labute approximate surface area is 123 Å². The molecule has 0 saturated heterocycles. The Balaban J connectivity index is 4.82. The van der Waals surface area contributed by atoms with E-state index in [4.69, 9.17) is 0 Å². The highest BCUT2D eigenvalue weighted by molar-refractivity contribution is 7.88. The van der Waals surface area contributed by atoms with Crippen molar-refractivity contribution in [3.63, 3.8) is 0 Å². The van der Waals surface area contributed by atoms with Crippen LogP contribution < -0.4 is 0 Å². The van der Waals surface area contributed by atoms with E-state index in [9.17, 15) is 8.42 Å². The highest BCUT2D eigenvalue weighted by atomic mass is 32.2. The third kappa shape index (κ3) is 6.34. The van der Waals surface area contributed by atoms with E-state index in [1.54, 1.807) is 14.1 Å². The van der Waals surface area contributed by atoms with Crippen LogP contribution in [0.1, 0.15) is 13.8 Å². The first-order chi connectivity index (χ1) is 9.13. The Morgan fingerprint density at radius 1 is 1.30 bits per heavy atom. The Bertz CT molecular complexity index is 479. The summed E-state index contributed by atoms with van der Waals surface area (Å²) in [4.78, 5) is 6.19. The Morgan fingerprint density at radius 3 is 2.20 bits per heavy atom. The van der Waals surface area contributed by atoms with Crippen LogP contribution in [-0.4, -0.2) is 63.9 Å². The molecule has 0 fully saturated rings. The van der Waals surface area contributed by atoms with Gasteiger partial charge in [-0.3, -0.25) is 4.99 Å². The van der Waals surface area contributed by atoms with Crippen molar-refractivity contribution in [2.24, 2.45) is 10.9 Å². The summed E-state index contributed by atoms with van der Waals surface area (Å²) in [5.74, 6) is 1.19. The molecule has 0 aliphatic heterocycles. The number of aliphatic imine (C=N–C) groups is 1. The Kier molecular flexibility index (Phi) is 7.75. The largest absolute Gasteiger partial charge is 0.359 e. The van der Waals surface area contributed by atoms with Gasteiger partial charge in [0.25, 0.3) is 0 Å². The fraction of sp³-hybridized carbons (Fsp3) is 0.643. The molecule has 0 bridgehead atoms. The summed E-state index contributed by atoms with van der Waals surface area (Å²) >= 11 is 0. The highest BCUT2D eigenvalue weighted by Gasteiger charge is 2.12. The first kappa shape index (κ1) is 18.9. The molecule has 0 rings (SSSR count). The third-order valence-corrected chi connectivity index (χ3v) is 4.45. The van der Waals surface area contributed by atoms with Crippen molar-refractivity contribution < 1.29 is 8.42 Å². The zero-order valence-corrected chi connectivity index (χ0v) is 14.2.